The molecule has 0 unspecified atom stereocenters. The van der Waals surface area contributed by atoms with Crippen molar-refractivity contribution in [3.05, 3.63) is 12.7 Å². The normalized spacial score (nSPS) is 26.8. The van der Waals surface area contributed by atoms with Crippen molar-refractivity contribution in [3.8, 4) is 0 Å². The van der Waals surface area contributed by atoms with E-state index in [0.717, 1.165) is 0 Å². The van der Waals surface area contributed by atoms with Crippen molar-refractivity contribution in [1.82, 2.24) is 5.32 Å². The third-order valence-electron chi connectivity index (χ3n) is 2.91. The molecule has 0 heterocycles. The van der Waals surface area contributed by atoms with Crippen molar-refractivity contribution >= 4 is 12.1 Å². The summed E-state index contributed by atoms with van der Waals surface area (Å²) in [6.45, 7) is 3.82. The van der Waals surface area contributed by atoms with E-state index in [1.165, 1.54) is 13.2 Å². The molecule has 0 bridgehead atoms. The summed E-state index contributed by atoms with van der Waals surface area (Å²) in [7, 11) is 1.51. The van der Waals surface area contributed by atoms with Crippen LogP contribution in [-0.2, 0) is 14.3 Å². The van der Waals surface area contributed by atoms with Gasteiger partial charge in [0.1, 0.15) is 6.61 Å². The molecule has 96 valence electrons. The van der Waals surface area contributed by atoms with Gasteiger partial charge in [0.05, 0.1) is 11.5 Å². The zero-order valence-electron chi connectivity index (χ0n) is 9.77. The second kappa shape index (κ2) is 5.67. The Labute approximate surface area is 99.6 Å². The van der Waals surface area contributed by atoms with E-state index in [-0.39, 0.29) is 19.1 Å². The standard InChI is InChI=1S/C11H17NO5/c1-3-4-17-10(15)12-7-11(16-2)5-8(6-11)9(13)14/h3,8H,1,4-7H2,2H3,(H,12,15)(H,13,14). The van der Waals surface area contributed by atoms with E-state index in [0.29, 0.717) is 12.8 Å². The monoisotopic (exact) mass is 243 g/mol. The van der Waals surface area contributed by atoms with Gasteiger partial charge in [0.2, 0.25) is 0 Å². The molecule has 1 fully saturated rings. The number of methoxy groups -OCH3 is 1. The van der Waals surface area contributed by atoms with Gasteiger partial charge in [-0.25, -0.2) is 4.79 Å². The molecule has 0 aromatic rings. The molecule has 6 heteroatoms. The summed E-state index contributed by atoms with van der Waals surface area (Å²) in [6.07, 6.45) is 1.72. The van der Waals surface area contributed by atoms with Crippen LogP contribution in [0.5, 0.6) is 0 Å². The van der Waals surface area contributed by atoms with Gasteiger partial charge in [-0.2, -0.15) is 0 Å². The Hall–Kier alpha value is -1.56. The zero-order chi connectivity index (χ0) is 12.9. The number of hydrogen-bond donors (Lipinski definition) is 2. The Bertz CT molecular complexity index is 309. The topological polar surface area (TPSA) is 84.9 Å². The van der Waals surface area contributed by atoms with Gasteiger partial charge in [-0.1, -0.05) is 12.7 Å². The first-order valence-electron chi connectivity index (χ1n) is 5.32. The molecule has 0 radical (unpaired) electrons. The van der Waals surface area contributed by atoms with E-state index in [1.54, 1.807) is 0 Å². The average Bonchev–Trinajstić information content (AvgIpc) is 2.24. The fraction of sp³-hybridized carbons (Fsp3) is 0.636. The highest BCUT2D eigenvalue weighted by molar-refractivity contribution is 5.72. The predicted molar refractivity (Wildman–Crippen MR) is 59.6 cm³/mol. The van der Waals surface area contributed by atoms with Crippen molar-refractivity contribution < 1.29 is 24.2 Å². The van der Waals surface area contributed by atoms with E-state index in [1.807, 2.05) is 0 Å². The maximum atomic E-state index is 11.2. The molecule has 1 aliphatic rings. The van der Waals surface area contributed by atoms with Crippen LogP contribution < -0.4 is 5.32 Å². The first-order chi connectivity index (χ1) is 8.03. The molecule has 0 atom stereocenters. The molecule has 1 aliphatic carbocycles. The minimum atomic E-state index is -0.827. The summed E-state index contributed by atoms with van der Waals surface area (Å²) in [5.74, 6) is -1.21. The number of hydrogen-bond acceptors (Lipinski definition) is 4. The van der Waals surface area contributed by atoms with Crippen LogP contribution in [0, 0.1) is 5.92 Å². The van der Waals surface area contributed by atoms with Crippen LogP contribution in [0.1, 0.15) is 12.8 Å². The first kappa shape index (κ1) is 13.5. The molecule has 0 aromatic carbocycles. The van der Waals surface area contributed by atoms with Crippen molar-refractivity contribution in [3.63, 3.8) is 0 Å². The number of nitrogens with one attached hydrogen (secondary N) is 1. The summed E-state index contributed by atoms with van der Waals surface area (Å²) in [6, 6.07) is 0. The number of carbonyl (C=O) groups is 2. The lowest BCUT2D eigenvalue weighted by Crippen LogP contribution is -2.55. The molecule has 0 aliphatic heterocycles. The third-order valence-corrected chi connectivity index (χ3v) is 2.91. The van der Waals surface area contributed by atoms with Gasteiger partial charge >= 0.3 is 12.1 Å². The smallest absolute Gasteiger partial charge is 0.407 e. The van der Waals surface area contributed by atoms with Gasteiger partial charge in [-0.15, -0.1) is 0 Å². The van der Waals surface area contributed by atoms with Gasteiger partial charge in [-0.3, -0.25) is 4.79 Å². The molecule has 6 nitrogen and oxygen atoms in total. The molecule has 0 spiro atoms. The lowest BCUT2D eigenvalue weighted by molar-refractivity contribution is -0.161. The van der Waals surface area contributed by atoms with E-state index in [4.69, 9.17) is 14.6 Å². The quantitative estimate of drug-likeness (QED) is 0.673. The van der Waals surface area contributed by atoms with Crippen molar-refractivity contribution in [2.45, 2.75) is 18.4 Å². The number of amides is 1. The molecule has 1 amide bonds. The van der Waals surface area contributed by atoms with Crippen LogP contribution in [0.15, 0.2) is 12.7 Å². The summed E-state index contributed by atoms with van der Waals surface area (Å²) in [4.78, 5) is 21.9. The molecule has 0 aromatic heterocycles. The summed E-state index contributed by atoms with van der Waals surface area (Å²) in [5, 5.41) is 11.3. The van der Waals surface area contributed by atoms with Gasteiger partial charge in [0, 0.05) is 13.7 Å². The molecular formula is C11H17NO5. The van der Waals surface area contributed by atoms with Gasteiger partial charge in [0.25, 0.3) is 0 Å². The highest BCUT2D eigenvalue weighted by atomic mass is 16.5. The fourth-order valence-corrected chi connectivity index (χ4v) is 1.82. The third kappa shape index (κ3) is 3.45. The minimum absolute atomic E-state index is 0.142. The number of carboxylic acids is 1. The molecule has 17 heavy (non-hydrogen) atoms. The van der Waals surface area contributed by atoms with Crippen molar-refractivity contribution in [2.24, 2.45) is 5.92 Å². The maximum Gasteiger partial charge on any atom is 0.407 e. The van der Waals surface area contributed by atoms with Crippen LogP contribution in [0.2, 0.25) is 0 Å². The Morgan fingerprint density at radius 3 is 2.71 bits per heavy atom. The Kier molecular flexibility index (Phi) is 4.51. The van der Waals surface area contributed by atoms with E-state index >= 15 is 0 Å². The number of ether oxygens (including phenoxy) is 2. The number of alkyl carbamates (subject to hydrolysis) is 1. The lowest BCUT2D eigenvalue weighted by Gasteiger charge is -2.44. The fourth-order valence-electron chi connectivity index (χ4n) is 1.82. The number of rotatable bonds is 6. The predicted octanol–water partition coefficient (Wildman–Crippen LogP) is 0.778. The van der Waals surface area contributed by atoms with Crippen LogP contribution in [0.3, 0.4) is 0 Å². The second-order valence-electron chi connectivity index (χ2n) is 4.07. The summed E-state index contributed by atoms with van der Waals surface area (Å²) >= 11 is 0. The molecule has 2 N–H and O–H groups in total. The highest BCUT2D eigenvalue weighted by Gasteiger charge is 2.48. The number of aliphatic carboxylic acids is 1. The maximum absolute atomic E-state index is 11.2. The van der Waals surface area contributed by atoms with Gasteiger partial charge < -0.3 is 19.9 Å². The van der Waals surface area contributed by atoms with Crippen LogP contribution in [0.25, 0.3) is 0 Å². The van der Waals surface area contributed by atoms with Crippen molar-refractivity contribution in [1.29, 1.82) is 0 Å². The van der Waals surface area contributed by atoms with Crippen LogP contribution in [0.4, 0.5) is 4.79 Å². The molecule has 0 saturated heterocycles. The van der Waals surface area contributed by atoms with Crippen molar-refractivity contribution in [2.75, 3.05) is 20.3 Å². The number of carbonyl (C=O) groups excluding carboxylic acids is 1. The van der Waals surface area contributed by atoms with Crippen LogP contribution in [-0.4, -0.2) is 43.0 Å². The Balaban J connectivity index is 2.32. The molecular weight excluding hydrogens is 226 g/mol. The summed E-state index contributed by atoms with van der Waals surface area (Å²) < 4.78 is 9.99. The molecule has 1 saturated carbocycles. The van der Waals surface area contributed by atoms with Gasteiger partial charge in [-0.05, 0) is 12.8 Å². The SMILES string of the molecule is C=CCOC(=O)NCC1(OC)CC(C(=O)O)C1. The van der Waals surface area contributed by atoms with E-state index in [9.17, 15) is 9.59 Å². The minimum Gasteiger partial charge on any atom is -0.481 e. The zero-order valence-corrected chi connectivity index (χ0v) is 9.77. The van der Waals surface area contributed by atoms with E-state index in [2.05, 4.69) is 11.9 Å². The van der Waals surface area contributed by atoms with E-state index < -0.39 is 17.7 Å². The largest absolute Gasteiger partial charge is 0.481 e. The second-order valence-corrected chi connectivity index (χ2v) is 4.07. The summed E-state index contributed by atoms with van der Waals surface area (Å²) in [5.41, 5.74) is -0.573. The van der Waals surface area contributed by atoms with Crippen LogP contribution >= 0.6 is 0 Å². The highest BCUT2D eigenvalue weighted by Crippen LogP contribution is 2.40. The van der Waals surface area contributed by atoms with Gasteiger partial charge in [0.15, 0.2) is 0 Å². The Morgan fingerprint density at radius 2 is 2.24 bits per heavy atom. The lowest BCUT2D eigenvalue weighted by atomic mass is 9.70. The average molecular weight is 243 g/mol. The Morgan fingerprint density at radius 1 is 1.59 bits per heavy atom. The number of carboxylic acid groups (broad SMARTS) is 1. The molecule has 1 rings (SSSR count). The first-order valence-corrected chi connectivity index (χ1v) is 5.32.